The third-order valence-corrected chi connectivity index (χ3v) is 5.95. The van der Waals surface area contributed by atoms with E-state index in [4.69, 9.17) is 11.6 Å². The van der Waals surface area contributed by atoms with Crippen LogP contribution in [-0.4, -0.2) is 16.6 Å². The predicted octanol–water partition coefficient (Wildman–Crippen LogP) is 5.41. The second kappa shape index (κ2) is 7.36. The zero-order chi connectivity index (χ0) is 21.6. The molecular formula is C23H21ClN2O4. The number of nitrogens with zero attached hydrogens (tertiary/aromatic N) is 2. The third-order valence-electron chi connectivity index (χ3n) is 5.71. The normalized spacial score (nSPS) is 20.9. The molecule has 0 saturated heterocycles. The average molecular weight is 425 g/mol. The molecule has 2 aromatic carbocycles. The van der Waals surface area contributed by atoms with E-state index >= 15 is 0 Å². The van der Waals surface area contributed by atoms with Crippen molar-refractivity contribution in [1.82, 2.24) is 0 Å². The number of amides is 1. The molecule has 0 N–H and O–H groups in total. The Labute approximate surface area is 179 Å². The number of nitro groups is 1. The first kappa shape index (κ1) is 20.3. The lowest BCUT2D eigenvalue weighted by molar-refractivity contribution is -0.384. The second-order valence-electron chi connectivity index (χ2n) is 8.59. The van der Waals surface area contributed by atoms with E-state index in [1.807, 2.05) is 19.9 Å². The van der Waals surface area contributed by atoms with Gasteiger partial charge in [0.15, 0.2) is 5.78 Å². The fraction of sp³-hybridized carbons (Fsp3) is 0.304. The minimum Gasteiger partial charge on any atom is -0.294 e. The van der Waals surface area contributed by atoms with E-state index in [-0.39, 0.29) is 34.9 Å². The van der Waals surface area contributed by atoms with Crippen molar-refractivity contribution in [3.63, 3.8) is 0 Å². The zero-order valence-electron chi connectivity index (χ0n) is 16.7. The molecule has 1 amide bonds. The summed E-state index contributed by atoms with van der Waals surface area (Å²) in [7, 11) is 0. The number of hydrogen-bond acceptors (Lipinski definition) is 4. The number of carbonyl (C=O) groups is 2. The van der Waals surface area contributed by atoms with Crippen molar-refractivity contribution in [3.05, 3.63) is 80.5 Å². The van der Waals surface area contributed by atoms with Crippen LogP contribution in [0, 0.1) is 15.5 Å². The molecule has 1 aliphatic carbocycles. The quantitative estimate of drug-likeness (QED) is 0.487. The molecule has 30 heavy (non-hydrogen) atoms. The minimum atomic E-state index is -0.498. The Morgan fingerprint density at radius 1 is 1.10 bits per heavy atom. The molecule has 1 atom stereocenters. The Bertz CT molecular complexity index is 1110. The van der Waals surface area contributed by atoms with Crippen molar-refractivity contribution in [2.45, 2.75) is 39.0 Å². The molecule has 1 heterocycles. The maximum absolute atomic E-state index is 13.3. The molecule has 6 nitrogen and oxygen atoms in total. The summed E-state index contributed by atoms with van der Waals surface area (Å²) in [6, 6.07) is 13.4. The van der Waals surface area contributed by atoms with Gasteiger partial charge < -0.3 is 0 Å². The fourth-order valence-electron chi connectivity index (χ4n) is 4.51. The van der Waals surface area contributed by atoms with Crippen molar-refractivity contribution in [2.75, 3.05) is 4.90 Å². The van der Waals surface area contributed by atoms with Crippen molar-refractivity contribution in [1.29, 1.82) is 0 Å². The van der Waals surface area contributed by atoms with Gasteiger partial charge in [-0.3, -0.25) is 24.6 Å². The second-order valence-corrected chi connectivity index (χ2v) is 9.02. The van der Waals surface area contributed by atoms with Crippen molar-refractivity contribution in [3.8, 4) is 0 Å². The summed E-state index contributed by atoms with van der Waals surface area (Å²) >= 11 is 6.17. The SMILES string of the molecule is CC1(C)CC(=O)C2=C(C1)N(c1ccccc1[N+](=O)[O-])C(=O)CC2c1cccc(Cl)c1. The van der Waals surface area contributed by atoms with Gasteiger partial charge in [-0.25, -0.2) is 0 Å². The summed E-state index contributed by atoms with van der Waals surface area (Å²) in [6.45, 7) is 3.94. The van der Waals surface area contributed by atoms with E-state index in [2.05, 4.69) is 0 Å². The van der Waals surface area contributed by atoms with Crippen LogP contribution < -0.4 is 4.90 Å². The number of carbonyl (C=O) groups excluding carboxylic acids is 2. The van der Waals surface area contributed by atoms with Gasteiger partial charge in [-0.2, -0.15) is 0 Å². The van der Waals surface area contributed by atoms with Gasteiger partial charge in [0.25, 0.3) is 5.69 Å². The van der Waals surface area contributed by atoms with Gasteiger partial charge in [0, 0.05) is 41.1 Å². The number of rotatable bonds is 3. The molecular weight excluding hydrogens is 404 g/mol. The number of para-hydroxylation sites is 2. The molecule has 0 bridgehead atoms. The topological polar surface area (TPSA) is 80.5 Å². The summed E-state index contributed by atoms with van der Waals surface area (Å²) < 4.78 is 0. The minimum absolute atomic E-state index is 0.0256. The van der Waals surface area contributed by atoms with Crippen LogP contribution >= 0.6 is 11.6 Å². The molecule has 0 aromatic heterocycles. The number of nitro benzene ring substituents is 1. The molecule has 0 fully saturated rings. The van der Waals surface area contributed by atoms with Gasteiger partial charge in [-0.1, -0.05) is 49.7 Å². The molecule has 154 valence electrons. The molecule has 2 aliphatic rings. The highest BCUT2D eigenvalue weighted by atomic mass is 35.5. The Balaban J connectivity index is 1.95. The lowest BCUT2D eigenvalue weighted by Gasteiger charge is -2.42. The molecule has 2 aromatic rings. The monoisotopic (exact) mass is 424 g/mol. The molecule has 7 heteroatoms. The number of benzene rings is 2. The lowest BCUT2D eigenvalue weighted by Crippen LogP contribution is -2.44. The zero-order valence-corrected chi connectivity index (χ0v) is 17.5. The van der Waals surface area contributed by atoms with Crippen LogP contribution in [0.15, 0.2) is 59.8 Å². The van der Waals surface area contributed by atoms with E-state index in [1.165, 1.54) is 11.0 Å². The Morgan fingerprint density at radius 2 is 1.83 bits per heavy atom. The van der Waals surface area contributed by atoms with E-state index in [9.17, 15) is 19.7 Å². The molecule has 4 rings (SSSR count). The Hall–Kier alpha value is -2.99. The average Bonchev–Trinajstić information content (AvgIpc) is 2.66. The standard InChI is InChI=1S/C23H21ClN2O4/c1-23(2)12-19-22(20(27)13-23)16(14-6-5-7-15(24)10-14)11-21(28)25(19)17-8-3-4-9-18(17)26(29)30/h3-10,16H,11-13H2,1-2H3. The summed E-state index contributed by atoms with van der Waals surface area (Å²) in [6.07, 6.45) is 0.891. The van der Waals surface area contributed by atoms with Gasteiger partial charge in [-0.05, 0) is 35.6 Å². The van der Waals surface area contributed by atoms with E-state index in [0.717, 1.165) is 5.56 Å². The van der Waals surface area contributed by atoms with E-state index in [1.54, 1.807) is 36.4 Å². The van der Waals surface area contributed by atoms with Crippen molar-refractivity contribution >= 4 is 34.7 Å². The summed E-state index contributed by atoms with van der Waals surface area (Å²) in [5, 5.41) is 12.2. The van der Waals surface area contributed by atoms with Crippen LogP contribution in [0.2, 0.25) is 5.02 Å². The Morgan fingerprint density at radius 3 is 2.53 bits per heavy atom. The molecule has 1 aliphatic heterocycles. The number of Topliss-reactive ketones (excluding diaryl/α,β-unsaturated/α-hetero) is 1. The molecule has 0 radical (unpaired) electrons. The number of hydrogen-bond donors (Lipinski definition) is 0. The largest absolute Gasteiger partial charge is 0.294 e. The molecule has 1 unspecified atom stereocenters. The van der Waals surface area contributed by atoms with Crippen molar-refractivity contribution < 1.29 is 14.5 Å². The predicted molar refractivity (Wildman–Crippen MR) is 114 cm³/mol. The number of ketones is 1. The molecule has 0 saturated carbocycles. The first-order chi connectivity index (χ1) is 14.2. The maximum atomic E-state index is 13.3. The van der Waals surface area contributed by atoms with Gasteiger partial charge in [-0.15, -0.1) is 0 Å². The van der Waals surface area contributed by atoms with Gasteiger partial charge >= 0.3 is 0 Å². The third kappa shape index (κ3) is 3.52. The molecule has 0 spiro atoms. The summed E-state index contributed by atoms with van der Waals surface area (Å²) in [5.74, 6) is -0.699. The number of halogens is 1. The smallest absolute Gasteiger partial charge is 0.293 e. The van der Waals surface area contributed by atoms with Gasteiger partial charge in [0.05, 0.1) is 4.92 Å². The fourth-order valence-corrected chi connectivity index (χ4v) is 4.71. The highest BCUT2D eigenvalue weighted by molar-refractivity contribution is 6.30. The first-order valence-corrected chi connectivity index (χ1v) is 10.1. The van der Waals surface area contributed by atoms with Crippen LogP contribution in [0.3, 0.4) is 0 Å². The van der Waals surface area contributed by atoms with Gasteiger partial charge in [0.2, 0.25) is 5.91 Å². The highest BCUT2D eigenvalue weighted by Crippen LogP contribution is 2.49. The van der Waals surface area contributed by atoms with Crippen LogP contribution in [0.5, 0.6) is 0 Å². The lowest BCUT2D eigenvalue weighted by atomic mass is 9.69. The van der Waals surface area contributed by atoms with E-state index in [0.29, 0.717) is 29.1 Å². The van der Waals surface area contributed by atoms with Crippen LogP contribution in [0.25, 0.3) is 0 Å². The number of anilines is 1. The maximum Gasteiger partial charge on any atom is 0.293 e. The summed E-state index contributed by atoms with van der Waals surface area (Å²) in [4.78, 5) is 39.1. The van der Waals surface area contributed by atoms with Crippen LogP contribution in [0.1, 0.15) is 44.6 Å². The first-order valence-electron chi connectivity index (χ1n) is 9.76. The van der Waals surface area contributed by atoms with Crippen LogP contribution in [-0.2, 0) is 9.59 Å². The van der Waals surface area contributed by atoms with Gasteiger partial charge in [0.1, 0.15) is 5.69 Å². The Kier molecular flexibility index (Phi) is 4.98. The van der Waals surface area contributed by atoms with E-state index < -0.39 is 10.8 Å². The van der Waals surface area contributed by atoms with Crippen LogP contribution in [0.4, 0.5) is 11.4 Å². The summed E-state index contributed by atoms with van der Waals surface area (Å²) in [5.41, 5.74) is 1.62. The van der Waals surface area contributed by atoms with Crippen molar-refractivity contribution in [2.24, 2.45) is 5.41 Å². The number of allylic oxidation sites excluding steroid dienone is 2. The highest BCUT2D eigenvalue weighted by Gasteiger charge is 2.45.